The molecule has 0 aromatic heterocycles. The molecule has 1 saturated heterocycles. The van der Waals surface area contributed by atoms with Gasteiger partial charge in [0.1, 0.15) is 11.8 Å². The summed E-state index contributed by atoms with van der Waals surface area (Å²) in [5, 5.41) is 2.90. The molecular weight excluding hydrogens is 515 g/mol. The minimum absolute atomic E-state index is 0.0383. The van der Waals surface area contributed by atoms with Crippen LogP contribution in [0.3, 0.4) is 0 Å². The van der Waals surface area contributed by atoms with Crippen molar-refractivity contribution in [1.29, 1.82) is 0 Å². The topological polar surface area (TPSA) is 61.9 Å². The molecule has 1 atom stereocenters. The third-order valence-corrected chi connectivity index (χ3v) is 6.66. The maximum Gasteiger partial charge on any atom is 0.416 e. The van der Waals surface area contributed by atoms with Gasteiger partial charge in [0.25, 0.3) is 5.91 Å². The Kier molecular flexibility index (Phi) is 10.5. The first-order valence-electron chi connectivity index (χ1n) is 13.0. The lowest BCUT2D eigenvalue weighted by molar-refractivity contribution is -0.137. The first kappa shape index (κ1) is 29.4. The second kappa shape index (κ2) is 13.6. The number of anilines is 2. The van der Waals surface area contributed by atoms with Gasteiger partial charge in [-0.3, -0.25) is 14.5 Å². The lowest BCUT2D eigenvalue weighted by Crippen LogP contribution is -2.38. The Hall–Kier alpha value is -3.14. The van der Waals surface area contributed by atoms with Crippen molar-refractivity contribution in [2.45, 2.75) is 71.0 Å². The predicted molar refractivity (Wildman–Crippen MR) is 146 cm³/mol. The summed E-state index contributed by atoms with van der Waals surface area (Å²) in [6, 6.07) is 10.5. The van der Waals surface area contributed by atoms with Crippen LogP contribution >= 0.6 is 12.2 Å². The van der Waals surface area contributed by atoms with Crippen LogP contribution in [-0.4, -0.2) is 41.0 Å². The molecule has 10 heteroatoms. The Morgan fingerprint density at radius 2 is 1.74 bits per heavy atom. The molecule has 0 aliphatic carbocycles. The molecule has 1 N–H and O–H groups in total. The van der Waals surface area contributed by atoms with Gasteiger partial charge in [-0.25, -0.2) is 0 Å². The minimum Gasteiger partial charge on any atom is -0.494 e. The second-order valence-electron chi connectivity index (χ2n) is 9.25. The molecule has 1 aliphatic heterocycles. The summed E-state index contributed by atoms with van der Waals surface area (Å²) in [4.78, 5) is 29.2. The lowest BCUT2D eigenvalue weighted by Gasteiger charge is -2.24. The largest absolute Gasteiger partial charge is 0.494 e. The zero-order valence-electron chi connectivity index (χ0n) is 21.7. The summed E-state index contributed by atoms with van der Waals surface area (Å²) < 4.78 is 45.5. The van der Waals surface area contributed by atoms with Crippen molar-refractivity contribution in [3.63, 3.8) is 0 Å². The van der Waals surface area contributed by atoms with E-state index in [1.807, 2.05) is 6.92 Å². The van der Waals surface area contributed by atoms with Gasteiger partial charge in [-0.15, -0.1) is 0 Å². The highest BCUT2D eigenvalue weighted by Gasteiger charge is 2.44. The van der Waals surface area contributed by atoms with Crippen LogP contribution in [0.25, 0.3) is 0 Å². The van der Waals surface area contributed by atoms with E-state index in [9.17, 15) is 22.8 Å². The number of benzene rings is 2. The van der Waals surface area contributed by atoms with Gasteiger partial charge in [0.05, 0.1) is 24.3 Å². The van der Waals surface area contributed by atoms with Crippen LogP contribution in [-0.2, 0) is 15.8 Å². The van der Waals surface area contributed by atoms with Crippen molar-refractivity contribution in [2.24, 2.45) is 0 Å². The maximum atomic E-state index is 13.5. The number of unbranched alkanes of at least 4 members (excludes halogenated alkanes) is 4. The van der Waals surface area contributed by atoms with E-state index in [1.165, 1.54) is 12.1 Å². The van der Waals surface area contributed by atoms with Crippen LogP contribution in [0.4, 0.5) is 24.5 Å². The number of carbonyl (C=O) groups is 2. The number of nitrogens with one attached hydrogen (secondary N) is 1. The van der Waals surface area contributed by atoms with Crippen molar-refractivity contribution in [2.75, 3.05) is 23.4 Å². The normalized spacial score (nSPS) is 15.8. The highest BCUT2D eigenvalue weighted by atomic mass is 32.1. The monoisotopic (exact) mass is 549 g/mol. The highest BCUT2D eigenvalue weighted by Crippen LogP contribution is 2.34. The highest BCUT2D eigenvalue weighted by molar-refractivity contribution is 7.80. The van der Waals surface area contributed by atoms with Crippen LogP contribution < -0.4 is 15.0 Å². The summed E-state index contributed by atoms with van der Waals surface area (Å²) in [6.07, 6.45) is 1.02. The summed E-state index contributed by atoms with van der Waals surface area (Å²) in [6.45, 7) is 5.14. The lowest BCUT2D eigenvalue weighted by atomic mass is 10.1. The fraction of sp³-hybridized carbons (Fsp3) is 0.464. The van der Waals surface area contributed by atoms with E-state index in [1.54, 1.807) is 29.2 Å². The van der Waals surface area contributed by atoms with Gasteiger partial charge < -0.3 is 15.0 Å². The van der Waals surface area contributed by atoms with Crippen molar-refractivity contribution in [3.05, 3.63) is 54.1 Å². The van der Waals surface area contributed by atoms with Crippen molar-refractivity contribution >= 4 is 40.5 Å². The average Bonchev–Trinajstić information content (AvgIpc) is 3.11. The third-order valence-electron chi connectivity index (χ3n) is 6.24. The molecule has 0 bridgehead atoms. The summed E-state index contributed by atoms with van der Waals surface area (Å²) in [5.41, 5.74) is -0.284. The molecule has 38 heavy (non-hydrogen) atoms. The van der Waals surface area contributed by atoms with Gasteiger partial charge in [-0.2, -0.15) is 13.2 Å². The van der Waals surface area contributed by atoms with Crippen LogP contribution in [0.2, 0.25) is 0 Å². The number of rotatable bonds is 13. The number of ether oxygens (including phenoxy) is 1. The maximum absolute atomic E-state index is 13.5. The van der Waals surface area contributed by atoms with Crippen molar-refractivity contribution in [3.8, 4) is 5.75 Å². The number of hydrogen-bond donors (Lipinski definition) is 1. The number of amides is 2. The average molecular weight is 550 g/mol. The zero-order chi connectivity index (χ0) is 27.7. The molecule has 0 spiro atoms. The molecule has 1 heterocycles. The van der Waals surface area contributed by atoms with E-state index in [0.29, 0.717) is 24.6 Å². The molecule has 2 aromatic rings. The Bertz CT molecular complexity index is 1110. The van der Waals surface area contributed by atoms with Gasteiger partial charge in [-0.1, -0.05) is 45.6 Å². The molecule has 1 fully saturated rings. The van der Waals surface area contributed by atoms with E-state index >= 15 is 0 Å². The summed E-state index contributed by atoms with van der Waals surface area (Å²) in [5.74, 6) is -0.219. The number of carbonyl (C=O) groups excluding carboxylic acids is 2. The van der Waals surface area contributed by atoms with Crippen molar-refractivity contribution < 1.29 is 27.5 Å². The zero-order valence-corrected chi connectivity index (χ0v) is 22.5. The number of halogens is 3. The van der Waals surface area contributed by atoms with Gasteiger partial charge in [0.2, 0.25) is 5.91 Å². The molecule has 2 amide bonds. The number of nitrogens with zero attached hydrogens (tertiary/aromatic N) is 2. The van der Waals surface area contributed by atoms with E-state index in [4.69, 9.17) is 17.0 Å². The second-order valence-corrected chi connectivity index (χ2v) is 9.62. The molecule has 0 unspecified atom stereocenters. The van der Waals surface area contributed by atoms with Crippen LogP contribution in [0.5, 0.6) is 5.75 Å². The van der Waals surface area contributed by atoms with Gasteiger partial charge in [-0.05, 0) is 67.5 Å². The Morgan fingerprint density at radius 1 is 1.03 bits per heavy atom. The molecule has 0 radical (unpaired) electrons. The predicted octanol–water partition coefficient (Wildman–Crippen LogP) is 6.80. The number of hydrogen-bond acceptors (Lipinski definition) is 4. The summed E-state index contributed by atoms with van der Waals surface area (Å²) >= 11 is 5.57. The van der Waals surface area contributed by atoms with E-state index in [0.717, 1.165) is 55.6 Å². The molecule has 0 saturated carbocycles. The first-order chi connectivity index (χ1) is 18.2. The van der Waals surface area contributed by atoms with Gasteiger partial charge >= 0.3 is 6.18 Å². The molecular formula is C28H34F3N3O3S. The number of thiocarbonyl (C=S) groups is 1. The third kappa shape index (κ3) is 7.69. The van der Waals surface area contributed by atoms with Gasteiger partial charge in [0, 0.05) is 12.2 Å². The molecule has 206 valence electrons. The Morgan fingerprint density at radius 3 is 2.39 bits per heavy atom. The quantitative estimate of drug-likeness (QED) is 0.220. The number of alkyl halides is 3. The van der Waals surface area contributed by atoms with Crippen LogP contribution in [0.15, 0.2) is 48.5 Å². The van der Waals surface area contributed by atoms with Crippen LogP contribution in [0, 0.1) is 0 Å². The first-order valence-corrected chi connectivity index (χ1v) is 13.4. The van der Waals surface area contributed by atoms with Gasteiger partial charge in [0.15, 0.2) is 5.11 Å². The summed E-state index contributed by atoms with van der Waals surface area (Å²) in [7, 11) is 0. The minimum atomic E-state index is -4.56. The molecule has 1 aliphatic rings. The molecule has 6 nitrogen and oxygen atoms in total. The SMILES string of the molecule is CCCCCCCN1C(=S)N(c2cccc(C(F)(F)F)c2)C(=O)[C@H]1CC(=O)Nc1ccc(OCCC)cc1. The Balaban J connectivity index is 1.76. The standard InChI is InChI=1S/C28H34F3N3O3S/c1-3-5-6-7-8-16-33-24(19-25(35)32-21-12-14-23(15-13-21)37-17-4-2)26(36)34(27(33)38)22-11-9-10-20(18-22)28(29,30)31/h9-15,18,24H,3-8,16-17,19H2,1-2H3,(H,32,35)/t24-/m1/s1. The van der Waals surface area contributed by atoms with Crippen molar-refractivity contribution in [1.82, 2.24) is 4.90 Å². The smallest absolute Gasteiger partial charge is 0.416 e. The van der Waals surface area contributed by atoms with E-state index < -0.39 is 29.6 Å². The fourth-order valence-corrected chi connectivity index (χ4v) is 4.69. The van der Waals surface area contributed by atoms with E-state index in [-0.39, 0.29) is 17.2 Å². The Labute approximate surface area is 227 Å². The molecule has 2 aromatic carbocycles. The van der Waals surface area contributed by atoms with E-state index in [2.05, 4.69) is 12.2 Å². The fourth-order valence-electron chi connectivity index (χ4n) is 4.27. The van der Waals surface area contributed by atoms with Crippen LogP contribution in [0.1, 0.15) is 64.4 Å². The molecule has 3 rings (SSSR count).